The molecule has 1 aromatic heterocycles. The number of rotatable bonds is 4. The number of anilines is 1. The van der Waals surface area contributed by atoms with Gasteiger partial charge in [0.25, 0.3) is 0 Å². The van der Waals surface area contributed by atoms with Crippen molar-refractivity contribution in [2.45, 2.75) is 11.7 Å². The number of pyridine rings is 1. The zero-order chi connectivity index (χ0) is 15.6. The van der Waals surface area contributed by atoms with Crippen LogP contribution in [0.5, 0.6) is 5.75 Å². The van der Waals surface area contributed by atoms with Crippen LogP contribution in [0.1, 0.15) is 6.42 Å². The van der Waals surface area contributed by atoms with E-state index in [0.717, 1.165) is 11.6 Å². The van der Waals surface area contributed by atoms with Crippen LogP contribution in [-0.2, 0) is 14.8 Å². The lowest BCUT2D eigenvalue weighted by atomic mass is 10.3. The number of sulfonamides is 1. The lowest BCUT2D eigenvalue weighted by molar-refractivity contribution is 0.197. The predicted octanol–water partition coefficient (Wildman–Crippen LogP) is 0.331. The largest absolute Gasteiger partial charge is 0.497 e. The first kappa shape index (κ1) is 15.5. The van der Waals surface area contributed by atoms with Gasteiger partial charge in [-0.05, 0) is 12.5 Å². The summed E-state index contributed by atoms with van der Waals surface area (Å²) in [6, 6.07) is 3.67. The molecule has 0 spiro atoms. The third-order valence-electron chi connectivity index (χ3n) is 4.18. The molecule has 8 heteroatoms. The summed E-state index contributed by atoms with van der Waals surface area (Å²) in [5.41, 5.74) is 0. The molecule has 3 rings (SSSR count). The van der Waals surface area contributed by atoms with Crippen molar-refractivity contribution in [1.82, 2.24) is 9.29 Å². The van der Waals surface area contributed by atoms with Crippen molar-refractivity contribution in [3.63, 3.8) is 0 Å². The van der Waals surface area contributed by atoms with Crippen molar-refractivity contribution in [2.75, 3.05) is 51.4 Å². The van der Waals surface area contributed by atoms with Crippen molar-refractivity contribution < 1.29 is 17.9 Å². The van der Waals surface area contributed by atoms with Gasteiger partial charge in [0.15, 0.2) is 0 Å². The average molecular weight is 327 g/mol. The monoisotopic (exact) mass is 327 g/mol. The Kier molecular flexibility index (Phi) is 4.51. The van der Waals surface area contributed by atoms with Crippen LogP contribution in [0.15, 0.2) is 18.3 Å². The van der Waals surface area contributed by atoms with Gasteiger partial charge in [-0.15, -0.1) is 0 Å². The number of hydrogen-bond donors (Lipinski definition) is 0. The lowest BCUT2D eigenvalue weighted by Gasteiger charge is -2.35. The van der Waals surface area contributed by atoms with E-state index < -0.39 is 10.0 Å². The van der Waals surface area contributed by atoms with Gasteiger partial charge in [0.1, 0.15) is 16.8 Å². The molecule has 2 fully saturated rings. The average Bonchev–Trinajstić information content (AvgIpc) is 3.10. The van der Waals surface area contributed by atoms with E-state index in [1.807, 2.05) is 6.07 Å². The van der Waals surface area contributed by atoms with Gasteiger partial charge < -0.3 is 14.4 Å². The summed E-state index contributed by atoms with van der Waals surface area (Å²) in [7, 11) is -1.63. The summed E-state index contributed by atoms with van der Waals surface area (Å²) in [6.45, 7) is 3.09. The molecule has 3 heterocycles. The van der Waals surface area contributed by atoms with Crippen molar-refractivity contribution in [1.29, 1.82) is 0 Å². The first-order valence-corrected chi connectivity index (χ1v) is 8.93. The fourth-order valence-corrected chi connectivity index (χ4v) is 4.59. The summed E-state index contributed by atoms with van der Waals surface area (Å²) >= 11 is 0. The summed E-state index contributed by atoms with van der Waals surface area (Å²) in [6.07, 6.45) is 2.30. The normalized spacial score (nSPS) is 23.7. The van der Waals surface area contributed by atoms with E-state index in [-0.39, 0.29) is 5.25 Å². The van der Waals surface area contributed by atoms with Crippen molar-refractivity contribution in [3.05, 3.63) is 18.3 Å². The Hall–Kier alpha value is -1.38. The van der Waals surface area contributed by atoms with Crippen LogP contribution < -0.4 is 9.64 Å². The number of nitrogens with zero attached hydrogens (tertiary/aromatic N) is 3. The molecule has 7 nitrogen and oxygen atoms in total. The molecule has 0 aliphatic carbocycles. The number of methoxy groups -OCH3 is 1. The van der Waals surface area contributed by atoms with Crippen LogP contribution >= 0.6 is 0 Å². The second kappa shape index (κ2) is 6.39. The van der Waals surface area contributed by atoms with E-state index in [1.165, 1.54) is 0 Å². The Morgan fingerprint density at radius 1 is 1.32 bits per heavy atom. The molecule has 1 unspecified atom stereocenters. The van der Waals surface area contributed by atoms with Crippen LogP contribution in [0, 0.1) is 0 Å². The van der Waals surface area contributed by atoms with Gasteiger partial charge >= 0.3 is 0 Å². The van der Waals surface area contributed by atoms with Crippen LogP contribution in [0.3, 0.4) is 0 Å². The maximum absolute atomic E-state index is 12.5. The van der Waals surface area contributed by atoms with E-state index in [9.17, 15) is 8.42 Å². The van der Waals surface area contributed by atoms with Crippen LogP contribution in [0.4, 0.5) is 5.82 Å². The zero-order valence-corrected chi connectivity index (χ0v) is 13.5. The molecule has 1 aromatic rings. The fraction of sp³-hybridized carbons (Fsp3) is 0.643. The first-order chi connectivity index (χ1) is 10.6. The van der Waals surface area contributed by atoms with Gasteiger partial charge in [-0.25, -0.2) is 13.4 Å². The highest BCUT2D eigenvalue weighted by atomic mass is 32.2. The molecule has 2 saturated heterocycles. The third kappa shape index (κ3) is 3.04. The molecule has 1 atom stereocenters. The Labute approximate surface area is 130 Å². The molecule has 0 bridgehead atoms. The van der Waals surface area contributed by atoms with E-state index in [0.29, 0.717) is 45.8 Å². The SMILES string of the molecule is COc1ccnc(N2CCN(S(=O)(=O)C3CCOC3)CC2)c1. The van der Waals surface area contributed by atoms with Gasteiger partial charge in [-0.2, -0.15) is 4.31 Å². The summed E-state index contributed by atoms with van der Waals surface area (Å²) < 4.78 is 37.0. The molecule has 0 radical (unpaired) electrons. The Balaban J connectivity index is 1.64. The smallest absolute Gasteiger partial charge is 0.219 e. The minimum atomic E-state index is -3.24. The van der Waals surface area contributed by atoms with E-state index >= 15 is 0 Å². The molecule has 0 saturated carbocycles. The third-order valence-corrected chi connectivity index (χ3v) is 6.48. The van der Waals surface area contributed by atoms with Gasteiger partial charge in [-0.3, -0.25) is 0 Å². The first-order valence-electron chi connectivity index (χ1n) is 7.43. The van der Waals surface area contributed by atoms with E-state index in [1.54, 1.807) is 23.7 Å². The predicted molar refractivity (Wildman–Crippen MR) is 82.7 cm³/mol. The molecule has 2 aliphatic rings. The fourth-order valence-electron chi connectivity index (χ4n) is 2.83. The standard InChI is InChI=1S/C14H21N3O4S/c1-20-12-2-4-15-14(10-12)16-5-7-17(8-6-16)22(18,19)13-3-9-21-11-13/h2,4,10,13H,3,5-9,11H2,1H3. The van der Waals surface area contributed by atoms with E-state index in [2.05, 4.69) is 9.88 Å². The highest BCUT2D eigenvalue weighted by Crippen LogP contribution is 2.23. The van der Waals surface area contributed by atoms with Gasteiger partial charge in [0.2, 0.25) is 10.0 Å². The molecule has 0 aromatic carbocycles. The van der Waals surface area contributed by atoms with Gasteiger partial charge in [0.05, 0.1) is 13.7 Å². The second-order valence-corrected chi connectivity index (χ2v) is 7.68. The van der Waals surface area contributed by atoms with E-state index in [4.69, 9.17) is 9.47 Å². The Bertz CT molecular complexity index is 608. The highest BCUT2D eigenvalue weighted by Gasteiger charge is 2.36. The van der Waals surface area contributed by atoms with Crippen LogP contribution in [0.2, 0.25) is 0 Å². The molecule has 2 aliphatic heterocycles. The summed E-state index contributed by atoms with van der Waals surface area (Å²) in [4.78, 5) is 6.42. The molecular formula is C14H21N3O4S. The maximum atomic E-state index is 12.5. The molecule has 122 valence electrons. The number of aromatic nitrogens is 1. The molecule has 22 heavy (non-hydrogen) atoms. The van der Waals surface area contributed by atoms with Gasteiger partial charge in [0, 0.05) is 45.0 Å². The zero-order valence-electron chi connectivity index (χ0n) is 12.6. The number of hydrogen-bond acceptors (Lipinski definition) is 6. The second-order valence-electron chi connectivity index (χ2n) is 5.47. The summed E-state index contributed by atoms with van der Waals surface area (Å²) in [5, 5.41) is -0.381. The Morgan fingerprint density at radius 2 is 2.09 bits per heavy atom. The molecule has 0 N–H and O–H groups in total. The van der Waals surface area contributed by atoms with Gasteiger partial charge in [-0.1, -0.05) is 0 Å². The number of ether oxygens (including phenoxy) is 2. The topological polar surface area (TPSA) is 72.0 Å². The quantitative estimate of drug-likeness (QED) is 0.794. The minimum Gasteiger partial charge on any atom is -0.497 e. The lowest BCUT2D eigenvalue weighted by Crippen LogP contribution is -2.51. The highest BCUT2D eigenvalue weighted by molar-refractivity contribution is 7.89. The number of piperazine rings is 1. The minimum absolute atomic E-state index is 0.319. The van der Waals surface area contributed by atoms with Crippen molar-refractivity contribution in [2.24, 2.45) is 0 Å². The summed E-state index contributed by atoms with van der Waals surface area (Å²) in [5.74, 6) is 1.57. The maximum Gasteiger partial charge on any atom is 0.219 e. The Morgan fingerprint density at radius 3 is 2.73 bits per heavy atom. The molecular weight excluding hydrogens is 306 g/mol. The van der Waals surface area contributed by atoms with Crippen LogP contribution in [-0.4, -0.2) is 69.5 Å². The van der Waals surface area contributed by atoms with Crippen LogP contribution in [0.25, 0.3) is 0 Å². The van der Waals surface area contributed by atoms with Crippen molar-refractivity contribution in [3.8, 4) is 5.75 Å². The molecule has 0 amide bonds. The van der Waals surface area contributed by atoms with Crippen molar-refractivity contribution >= 4 is 15.8 Å².